The number of hydrogen-bond acceptors (Lipinski definition) is 6. The Morgan fingerprint density at radius 3 is 2.67 bits per heavy atom. The molecule has 0 saturated carbocycles. The summed E-state index contributed by atoms with van der Waals surface area (Å²) in [6.45, 7) is 0. The molecule has 8 heteroatoms. The Hall–Kier alpha value is -2.25. The lowest BCUT2D eigenvalue weighted by atomic mass is 10.2. The lowest BCUT2D eigenvalue weighted by Crippen LogP contribution is -2.16. The summed E-state index contributed by atoms with van der Waals surface area (Å²) in [6, 6.07) is 4.53. The van der Waals surface area contributed by atoms with E-state index in [0.717, 1.165) is 0 Å². The third-order valence-electron chi connectivity index (χ3n) is 2.00. The number of pyridine rings is 1. The minimum Gasteiger partial charge on any atom is -0.308 e. The van der Waals surface area contributed by atoms with E-state index in [-0.39, 0.29) is 11.1 Å². The predicted octanol–water partition coefficient (Wildman–Crippen LogP) is 1.06. The zero-order valence-electron chi connectivity index (χ0n) is 9.09. The molecular formula is C10H9ClN6O. The molecule has 92 valence electrons. The van der Waals surface area contributed by atoms with Crippen molar-refractivity contribution >= 4 is 29.3 Å². The van der Waals surface area contributed by atoms with Crippen LogP contribution in [0.3, 0.4) is 0 Å². The zero-order valence-corrected chi connectivity index (χ0v) is 9.85. The molecule has 0 spiro atoms. The van der Waals surface area contributed by atoms with Crippen LogP contribution in [0.25, 0.3) is 0 Å². The fourth-order valence-electron chi connectivity index (χ4n) is 1.24. The largest absolute Gasteiger partial charge is 0.308 e. The Labute approximate surface area is 107 Å². The molecule has 0 aromatic carbocycles. The maximum Gasteiger partial charge on any atom is 0.258 e. The molecule has 0 fully saturated rings. The highest BCUT2D eigenvalue weighted by Crippen LogP contribution is 2.14. The van der Waals surface area contributed by atoms with Gasteiger partial charge in [-0.25, -0.2) is 20.8 Å². The molecule has 0 saturated heterocycles. The van der Waals surface area contributed by atoms with Crippen LogP contribution in [0.5, 0.6) is 0 Å². The maximum atomic E-state index is 11.9. The molecule has 0 atom stereocenters. The van der Waals surface area contributed by atoms with E-state index in [1.807, 2.05) is 0 Å². The summed E-state index contributed by atoms with van der Waals surface area (Å²) in [6.07, 6.45) is 3.05. The fourth-order valence-corrected chi connectivity index (χ4v) is 1.45. The second kappa shape index (κ2) is 5.39. The molecule has 0 bridgehead atoms. The number of nitrogen functional groups attached to an aromatic ring is 1. The first kappa shape index (κ1) is 12.2. The molecule has 0 aliphatic heterocycles. The molecule has 2 aromatic heterocycles. The number of nitrogens with zero attached hydrogens (tertiary/aromatic N) is 3. The Balaban J connectivity index is 2.21. The monoisotopic (exact) mass is 264 g/mol. The summed E-state index contributed by atoms with van der Waals surface area (Å²) in [4.78, 5) is 23.5. The Morgan fingerprint density at radius 2 is 2.00 bits per heavy atom. The van der Waals surface area contributed by atoms with Gasteiger partial charge in [-0.3, -0.25) is 10.1 Å². The molecule has 2 aromatic rings. The van der Waals surface area contributed by atoms with Crippen LogP contribution in [0.15, 0.2) is 30.6 Å². The number of rotatable bonds is 3. The predicted molar refractivity (Wildman–Crippen MR) is 67.0 cm³/mol. The van der Waals surface area contributed by atoms with Gasteiger partial charge < -0.3 is 5.43 Å². The molecule has 18 heavy (non-hydrogen) atoms. The molecule has 4 N–H and O–H groups in total. The van der Waals surface area contributed by atoms with Gasteiger partial charge in [0.2, 0.25) is 5.95 Å². The highest BCUT2D eigenvalue weighted by atomic mass is 35.5. The van der Waals surface area contributed by atoms with Crippen LogP contribution in [0.1, 0.15) is 10.4 Å². The number of nitrogens with two attached hydrogens (primary N) is 1. The first-order valence-corrected chi connectivity index (χ1v) is 5.29. The van der Waals surface area contributed by atoms with Gasteiger partial charge in [0.05, 0.1) is 0 Å². The van der Waals surface area contributed by atoms with Gasteiger partial charge in [-0.2, -0.15) is 0 Å². The molecular weight excluding hydrogens is 256 g/mol. The van der Waals surface area contributed by atoms with E-state index in [2.05, 4.69) is 25.7 Å². The van der Waals surface area contributed by atoms with Crippen molar-refractivity contribution in [1.29, 1.82) is 0 Å². The Kier molecular flexibility index (Phi) is 3.66. The number of hydrazine groups is 1. The van der Waals surface area contributed by atoms with Gasteiger partial charge in [0.15, 0.2) is 0 Å². The van der Waals surface area contributed by atoms with Crippen molar-refractivity contribution in [3.8, 4) is 0 Å². The average molecular weight is 265 g/mol. The number of amides is 1. The fraction of sp³-hybridized carbons (Fsp3) is 0. The van der Waals surface area contributed by atoms with Gasteiger partial charge in [0.25, 0.3) is 5.91 Å². The average Bonchev–Trinajstić information content (AvgIpc) is 2.39. The van der Waals surface area contributed by atoms with Crippen LogP contribution < -0.4 is 16.6 Å². The highest BCUT2D eigenvalue weighted by molar-refractivity contribution is 6.30. The standard InChI is InChI=1S/C10H9ClN6O/c11-7-4-6(5-8(15-7)17-12)9(18)16-10-13-2-1-3-14-10/h1-5H,12H2,(H,15,17)(H,13,14,16,18). The van der Waals surface area contributed by atoms with Crippen molar-refractivity contribution in [2.75, 3.05) is 10.7 Å². The molecule has 0 unspecified atom stereocenters. The summed E-state index contributed by atoms with van der Waals surface area (Å²) < 4.78 is 0. The molecule has 0 aliphatic carbocycles. The second-order valence-corrected chi connectivity index (χ2v) is 3.62. The smallest absolute Gasteiger partial charge is 0.258 e. The van der Waals surface area contributed by atoms with E-state index in [4.69, 9.17) is 17.4 Å². The number of nitrogens with one attached hydrogen (secondary N) is 2. The van der Waals surface area contributed by atoms with Crippen LogP contribution >= 0.6 is 11.6 Å². The molecule has 2 rings (SSSR count). The molecule has 2 heterocycles. The van der Waals surface area contributed by atoms with Crippen LogP contribution in [-0.4, -0.2) is 20.9 Å². The number of carbonyl (C=O) groups excluding carboxylic acids is 1. The summed E-state index contributed by atoms with van der Waals surface area (Å²) in [5.74, 6) is 5.31. The molecule has 0 radical (unpaired) electrons. The summed E-state index contributed by atoms with van der Waals surface area (Å²) in [5, 5.41) is 2.68. The van der Waals surface area contributed by atoms with Crippen molar-refractivity contribution in [3.05, 3.63) is 41.3 Å². The number of aromatic nitrogens is 3. The Bertz CT molecular complexity index is 562. The van der Waals surface area contributed by atoms with Crippen molar-refractivity contribution in [2.45, 2.75) is 0 Å². The van der Waals surface area contributed by atoms with E-state index in [0.29, 0.717) is 11.4 Å². The number of anilines is 2. The number of carbonyl (C=O) groups is 1. The normalized spacial score (nSPS) is 9.89. The molecule has 7 nitrogen and oxygen atoms in total. The van der Waals surface area contributed by atoms with E-state index < -0.39 is 5.91 Å². The first-order valence-electron chi connectivity index (χ1n) is 4.91. The molecule has 0 aliphatic rings. The van der Waals surface area contributed by atoms with Crippen molar-refractivity contribution < 1.29 is 4.79 Å². The van der Waals surface area contributed by atoms with Gasteiger partial charge in [-0.15, -0.1) is 0 Å². The van der Waals surface area contributed by atoms with E-state index in [9.17, 15) is 4.79 Å². The van der Waals surface area contributed by atoms with Gasteiger partial charge in [0, 0.05) is 18.0 Å². The van der Waals surface area contributed by atoms with Gasteiger partial charge >= 0.3 is 0 Å². The SMILES string of the molecule is NNc1cc(C(=O)Nc2ncccn2)cc(Cl)n1. The van der Waals surface area contributed by atoms with Crippen LogP contribution in [0, 0.1) is 0 Å². The van der Waals surface area contributed by atoms with E-state index in [1.165, 1.54) is 24.5 Å². The lowest BCUT2D eigenvalue weighted by molar-refractivity contribution is 0.102. The third kappa shape index (κ3) is 2.90. The van der Waals surface area contributed by atoms with Crippen molar-refractivity contribution in [1.82, 2.24) is 15.0 Å². The van der Waals surface area contributed by atoms with Gasteiger partial charge in [0.1, 0.15) is 11.0 Å². The van der Waals surface area contributed by atoms with Crippen LogP contribution in [-0.2, 0) is 0 Å². The zero-order chi connectivity index (χ0) is 13.0. The quantitative estimate of drug-likeness (QED) is 0.435. The van der Waals surface area contributed by atoms with E-state index in [1.54, 1.807) is 6.07 Å². The highest BCUT2D eigenvalue weighted by Gasteiger charge is 2.10. The van der Waals surface area contributed by atoms with Crippen molar-refractivity contribution in [2.24, 2.45) is 5.84 Å². The summed E-state index contributed by atoms with van der Waals surface area (Å²) >= 11 is 5.76. The first-order chi connectivity index (χ1) is 8.69. The topological polar surface area (TPSA) is 106 Å². The minimum absolute atomic E-state index is 0.157. The van der Waals surface area contributed by atoms with Gasteiger partial charge in [-0.05, 0) is 18.2 Å². The number of halogens is 1. The summed E-state index contributed by atoms with van der Waals surface area (Å²) in [7, 11) is 0. The second-order valence-electron chi connectivity index (χ2n) is 3.23. The van der Waals surface area contributed by atoms with E-state index >= 15 is 0 Å². The minimum atomic E-state index is -0.401. The number of hydrogen-bond donors (Lipinski definition) is 3. The third-order valence-corrected chi connectivity index (χ3v) is 2.19. The summed E-state index contributed by atoms with van der Waals surface area (Å²) in [5.41, 5.74) is 2.62. The maximum absolute atomic E-state index is 11.9. The van der Waals surface area contributed by atoms with Gasteiger partial charge in [-0.1, -0.05) is 11.6 Å². The lowest BCUT2D eigenvalue weighted by Gasteiger charge is -2.05. The molecule has 1 amide bonds. The van der Waals surface area contributed by atoms with Crippen LogP contribution in [0.2, 0.25) is 5.15 Å². The van der Waals surface area contributed by atoms with Crippen molar-refractivity contribution in [3.63, 3.8) is 0 Å². The van der Waals surface area contributed by atoms with Crippen LogP contribution in [0.4, 0.5) is 11.8 Å². The Morgan fingerprint density at radius 1 is 1.28 bits per heavy atom.